The van der Waals surface area contributed by atoms with Crippen LogP contribution in [0.1, 0.15) is 39.9 Å². The monoisotopic (exact) mass is 537 g/mol. The largest absolute Gasteiger partial charge is 0.489 e. The van der Waals surface area contributed by atoms with Crippen molar-refractivity contribution in [3.63, 3.8) is 0 Å². The number of halogens is 1. The number of Topliss-reactive ketones (excluding diaryl/α,β-unsaturated/α-hetero) is 1. The highest BCUT2D eigenvalue weighted by atomic mass is 19.1. The van der Waals surface area contributed by atoms with Gasteiger partial charge >= 0.3 is 0 Å². The van der Waals surface area contributed by atoms with Gasteiger partial charge in [0.25, 0.3) is 0 Å². The Labute approximate surface area is 234 Å². The first-order chi connectivity index (χ1) is 19.5. The maximum absolute atomic E-state index is 13.3. The van der Waals surface area contributed by atoms with Gasteiger partial charge in [-0.15, -0.1) is 0 Å². The second-order valence-electron chi connectivity index (χ2n) is 10.0. The smallest absolute Gasteiger partial charge is 0.227 e. The highest BCUT2D eigenvalue weighted by molar-refractivity contribution is 5.98. The minimum absolute atomic E-state index is 0.00445. The zero-order valence-electron chi connectivity index (χ0n) is 22.3. The third-order valence-electron chi connectivity index (χ3n) is 7.21. The molecular formula is C34H32FNO4. The molecule has 0 bridgehead atoms. The van der Waals surface area contributed by atoms with Crippen molar-refractivity contribution in [2.24, 2.45) is 5.92 Å². The number of carbonyl (C=O) groups excluding carboxylic acids is 2. The van der Waals surface area contributed by atoms with Gasteiger partial charge in [-0.1, -0.05) is 66.7 Å². The average Bonchev–Trinajstić information content (AvgIpc) is 3.01. The summed E-state index contributed by atoms with van der Waals surface area (Å²) in [7, 11) is 0. The molecule has 1 amide bonds. The molecule has 0 saturated carbocycles. The molecule has 4 aromatic carbocycles. The van der Waals surface area contributed by atoms with Crippen LogP contribution in [0, 0.1) is 11.7 Å². The van der Waals surface area contributed by atoms with Crippen LogP contribution in [0.15, 0.2) is 103 Å². The molecule has 40 heavy (non-hydrogen) atoms. The first-order valence-electron chi connectivity index (χ1n) is 13.6. The number of benzene rings is 4. The summed E-state index contributed by atoms with van der Waals surface area (Å²) in [6, 6.07) is 31.1. The Morgan fingerprint density at radius 2 is 1.35 bits per heavy atom. The highest BCUT2D eigenvalue weighted by Gasteiger charge is 2.28. The molecule has 1 saturated heterocycles. The molecule has 1 aliphatic heterocycles. The normalized spacial score (nSPS) is 13.6. The lowest BCUT2D eigenvalue weighted by Crippen LogP contribution is -2.41. The van der Waals surface area contributed by atoms with Gasteiger partial charge in [0.15, 0.2) is 5.78 Å². The van der Waals surface area contributed by atoms with Gasteiger partial charge in [0.1, 0.15) is 30.5 Å². The third kappa shape index (κ3) is 7.14. The number of nitrogens with zero attached hydrogens (tertiary/aromatic N) is 1. The van der Waals surface area contributed by atoms with Crippen LogP contribution >= 0.6 is 0 Å². The fourth-order valence-electron chi connectivity index (χ4n) is 4.90. The predicted octanol–water partition coefficient (Wildman–Crippen LogP) is 6.65. The molecule has 0 spiro atoms. The fraction of sp³-hybridized carbons (Fsp3) is 0.235. The lowest BCUT2D eigenvalue weighted by Gasteiger charge is -2.31. The van der Waals surface area contributed by atoms with Crippen molar-refractivity contribution in [3.05, 3.63) is 131 Å². The van der Waals surface area contributed by atoms with Crippen molar-refractivity contribution in [2.45, 2.75) is 32.5 Å². The van der Waals surface area contributed by atoms with Crippen LogP contribution in [0.5, 0.6) is 11.5 Å². The predicted molar refractivity (Wildman–Crippen MR) is 152 cm³/mol. The maximum Gasteiger partial charge on any atom is 0.227 e. The molecule has 4 aromatic rings. The van der Waals surface area contributed by atoms with E-state index in [9.17, 15) is 14.0 Å². The number of rotatable bonds is 10. The minimum atomic E-state index is -0.361. The molecule has 0 unspecified atom stereocenters. The molecule has 204 valence electrons. The van der Waals surface area contributed by atoms with Crippen LogP contribution in [0.4, 0.5) is 4.39 Å². The average molecular weight is 538 g/mol. The van der Waals surface area contributed by atoms with E-state index in [1.807, 2.05) is 83.8 Å². The van der Waals surface area contributed by atoms with Gasteiger partial charge in [0.2, 0.25) is 5.91 Å². The Kier molecular flexibility index (Phi) is 8.86. The summed E-state index contributed by atoms with van der Waals surface area (Å²) in [5.74, 6) is 0.762. The van der Waals surface area contributed by atoms with E-state index in [2.05, 4.69) is 0 Å². The summed E-state index contributed by atoms with van der Waals surface area (Å²) < 4.78 is 25.4. The van der Waals surface area contributed by atoms with Crippen LogP contribution in [0.25, 0.3) is 0 Å². The summed E-state index contributed by atoms with van der Waals surface area (Å²) in [4.78, 5) is 27.9. The Balaban J connectivity index is 1.23. The zero-order chi connectivity index (χ0) is 27.7. The zero-order valence-corrected chi connectivity index (χ0v) is 22.3. The van der Waals surface area contributed by atoms with E-state index in [-0.39, 0.29) is 29.8 Å². The van der Waals surface area contributed by atoms with Gasteiger partial charge in [-0.3, -0.25) is 9.59 Å². The van der Waals surface area contributed by atoms with E-state index < -0.39 is 0 Å². The molecule has 0 aromatic heterocycles. The number of ketones is 1. The molecule has 0 N–H and O–H groups in total. The second-order valence-corrected chi connectivity index (χ2v) is 10.0. The molecule has 1 heterocycles. The van der Waals surface area contributed by atoms with Gasteiger partial charge in [-0.2, -0.15) is 0 Å². The molecule has 1 fully saturated rings. The topological polar surface area (TPSA) is 55.8 Å². The fourth-order valence-corrected chi connectivity index (χ4v) is 4.90. The molecule has 0 atom stereocenters. The SMILES string of the molecule is O=C(c1ccc(F)cc1)C1CCN(C(=O)Cc2ccc(OCc3ccccc3)cc2OCc2ccccc2)CC1. The van der Waals surface area contributed by atoms with Crippen LogP contribution in [-0.4, -0.2) is 29.7 Å². The van der Waals surface area contributed by atoms with Crippen molar-refractivity contribution >= 4 is 11.7 Å². The summed E-state index contributed by atoms with van der Waals surface area (Å²) in [6.07, 6.45) is 1.37. The van der Waals surface area contributed by atoms with Gasteiger partial charge < -0.3 is 14.4 Å². The van der Waals surface area contributed by atoms with Gasteiger partial charge in [0.05, 0.1) is 6.42 Å². The molecular weight excluding hydrogens is 505 g/mol. The van der Waals surface area contributed by atoms with E-state index in [1.165, 1.54) is 24.3 Å². The number of likely N-dealkylation sites (tertiary alicyclic amines) is 1. The number of piperidine rings is 1. The van der Waals surface area contributed by atoms with E-state index in [0.29, 0.717) is 56.2 Å². The minimum Gasteiger partial charge on any atom is -0.489 e. The second kappa shape index (κ2) is 13.1. The third-order valence-corrected chi connectivity index (χ3v) is 7.21. The van der Waals surface area contributed by atoms with E-state index in [1.54, 1.807) is 0 Å². The van der Waals surface area contributed by atoms with Gasteiger partial charge in [-0.25, -0.2) is 4.39 Å². The number of amides is 1. The van der Waals surface area contributed by atoms with Crippen LogP contribution < -0.4 is 9.47 Å². The van der Waals surface area contributed by atoms with E-state index in [0.717, 1.165) is 16.7 Å². The lowest BCUT2D eigenvalue weighted by atomic mass is 9.88. The molecule has 5 rings (SSSR count). The van der Waals surface area contributed by atoms with Crippen molar-refractivity contribution < 1.29 is 23.5 Å². The van der Waals surface area contributed by atoms with Crippen molar-refractivity contribution in [2.75, 3.05) is 13.1 Å². The molecule has 0 radical (unpaired) electrons. The van der Waals surface area contributed by atoms with Crippen molar-refractivity contribution in [1.29, 1.82) is 0 Å². The molecule has 0 aliphatic carbocycles. The first kappa shape index (κ1) is 27.1. The van der Waals surface area contributed by atoms with Gasteiger partial charge in [0, 0.05) is 36.2 Å². The Bertz CT molecular complexity index is 1420. The Hall–Kier alpha value is -4.45. The Morgan fingerprint density at radius 1 is 0.750 bits per heavy atom. The number of ether oxygens (including phenoxy) is 2. The summed E-state index contributed by atoms with van der Waals surface area (Å²) in [5.41, 5.74) is 3.40. The van der Waals surface area contributed by atoms with Crippen LogP contribution in [0.2, 0.25) is 0 Å². The van der Waals surface area contributed by atoms with Crippen LogP contribution in [-0.2, 0) is 24.4 Å². The summed E-state index contributed by atoms with van der Waals surface area (Å²) in [5, 5.41) is 0. The molecule has 1 aliphatic rings. The quantitative estimate of drug-likeness (QED) is 0.213. The molecule has 5 nitrogen and oxygen atoms in total. The maximum atomic E-state index is 13.3. The highest BCUT2D eigenvalue weighted by Crippen LogP contribution is 2.29. The summed E-state index contributed by atoms with van der Waals surface area (Å²) in [6.45, 7) is 1.83. The Morgan fingerprint density at radius 3 is 1.98 bits per heavy atom. The van der Waals surface area contributed by atoms with E-state index >= 15 is 0 Å². The van der Waals surface area contributed by atoms with Gasteiger partial charge in [-0.05, 0) is 54.3 Å². The number of hydrogen-bond donors (Lipinski definition) is 0. The van der Waals surface area contributed by atoms with Crippen molar-refractivity contribution in [1.82, 2.24) is 4.90 Å². The molecule has 6 heteroatoms. The van der Waals surface area contributed by atoms with Crippen molar-refractivity contribution in [3.8, 4) is 11.5 Å². The number of hydrogen-bond acceptors (Lipinski definition) is 4. The number of carbonyl (C=O) groups is 2. The van der Waals surface area contributed by atoms with E-state index in [4.69, 9.17) is 9.47 Å². The lowest BCUT2D eigenvalue weighted by molar-refractivity contribution is -0.131. The van der Waals surface area contributed by atoms with Crippen LogP contribution in [0.3, 0.4) is 0 Å². The standard InChI is InChI=1S/C34H32FNO4/c35-30-14-11-27(12-15-30)34(38)28-17-19-36(20-18-28)33(37)21-29-13-16-31(39-23-25-7-3-1-4-8-25)22-32(29)40-24-26-9-5-2-6-10-26/h1-16,22,28H,17-21,23-24H2. The summed E-state index contributed by atoms with van der Waals surface area (Å²) >= 11 is 0. The first-order valence-corrected chi connectivity index (χ1v) is 13.6.